The first kappa shape index (κ1) is 17.4. The van der Waals surface area contributed by atoms with Crippen LogP contribution < -0.4 is 0 Å². The van der Waals surface area contributed by atoms with Gasteiger partial charge in [0.2, 0.25) is 0 Å². The van der Waals surface area contributed by atoms with Crippen LogP contribution in [-0.2, 0) is 6.54 Å². The highest BCUT2D eigenvalue weighted by molar-refractivity contribution is 6.35. The molecule has 1 aromatic heterocycles. The Balaban J connectivity index is 2.08. The number of aromatic carboxylic acids is 1. The topological polar surface area (TPSA) is 42.2 Å². The molecule has 1 fully saturated rings. The summed E-state index contributed by atoms with van der Waals surface area (Å²) < 4.78 is 2.11. The van der Waals surface area contributed by atoms with E-state index in [1.807, 2.05) is 13.0 Å². The van der Waals surface area contributed by atoms with Crippen LogP contribution >= 0.6 is 23.2 Å². The zero-order chi connectivity index (χ0) is 17.3. The highest BCUT2D eigenvalue weighted by Crippen LogP contribution is 2.35. The molecule has 128 valence electrons. The van der Waals surface area contributed by atoms with Gasteiger partial charge in [-0.2, -0.15) is 0 Å². The van der Waals surface area contributed by atoms with Crippen molar-refractivity contribution < 1.29 is 9.90 Å². The molecule has 1 saturated carbocycles. The Morgan fingerprint density at radius 3 is 2.58 bits per heavy atom. The van der Waals surface area contributed by atoms with E-state index in [2.05, 4.69) is 4.57 Å². The fourth-order valence-corrected chi connectivity index (χ4v) is 4.03. The van der Waals surface area contributed by atoms with Gasteiger partial charge >= 0.3 is 5.97 Å². The van der Waals surface area contributed by atoms with Gasteiger partial charge < -0.3 is 9.67 Å². The number of carbonyl (C=O) groups is 1. The molecule has 1 aromatic carbocycles. The number of rotatable bonds is 4. The van der Waals surface area contributed by atoms with Crippen LogP contribution in [0.4, 0.5) is 0 Å². The average molecular weight is 366 g/mol. The standard InChI is InChI=1S/C19H21Cl2NO2/c1-12-15(19(23)24)10-18(16-9-14(20)7-8-17(16)21)22(12)11-13-5-3-2-4-6-13/h7-10,13H,2-6,11H2,1H3,(H,23,24). The smallest absolute Gasteiger partial charge is 0.337 e. The summed E-state index contributed by atoms with van der Waals surface area (Å²) >= 11 is 12.5. The van der Waals surface area contributed by atoms with E-state index >= 15 is 0 Å². The van der Waals surface area contributed by atoms with Crippen LogP contribution in [0.5, 0.6) is 0 Å². The molecule has 3 nitrogen and oxygen atoms in total. The van der Waals surface area contributed by atoms with E-state index in [-0.39, 0.29) is 0 Å². The normalized spacial score (nSPS) is 15.6. The molecule has 2 aromatic rings. The first-order chi connectivity index (χ1) is 11.5. The summed E-state index contributed by atoms with van der Waals surface area (Å²) in [5.41, 5.74) is 2.73. The van der Waals surface area contributed by atoms with Crippen molar-refractivity contribution in [3.63, 3.8) is 0 Å². The maximum absolute atomic E-state index is 11.6. The predicted molar refractivity (Wildman–Crippen MR) is 98.2 cm³/mol. The lowest BCUT2D eigenvalue weighted by Crippen LogP contribution is -2.16. The van der Waals surface area contributed by atoms with E-state index in [0.717, 1.165) is 23.5 Å². The third-order valence-electron chi connectivity index (χ3n) is 4.97. The largest absolute Gasteiger partial charge is 0.478 e. The zero-order valence-corrected chi connectivity index (χ0v) is 15.2. The lowest BCUT2D eigenvalue weighted by atomic mass is 9.89. The second kappa shape index (κ2) is 7.20. The van der Waals surface area contributed by atoms with Crippen molar-refractivity contribution in [2.75, 3.05) is 0 Å². The maximum Gasteiger partial charge on any atom is 0.337 e. The van der Waals surface area contributed by atoms with Crippen molar-refractivity contribution in [2.24, 2.45) is 5.92 Å². The quantitative estimate of drug-likeness (QED) is 0.716. The first-order valence-corrected chi connectivity index (χ1v) is 9.12. The van der Waals surface area contributed by atoms with Crippen LogP contribution in [0.2, 0.25) is 10.0 Å². The van der Waals surface area contributed by atoms with Gasteiger partial charge in [-0.3, -0.25) is 0 Å². The van der Waals surface area contributed by atoms with E-state index in [1.165, 1.54) is 32.1 Å². The Bertz CT molecular complexity index is 761. The molecule has 0 bridgehead atoms. The molecular weight excluding hydrogens is 345 g/mol. The first-order valence-electron chi connectivity index (χ1n) is 8.36. The number of halogens is 2. The molecule has 0 atom stereocenters. The highest BCUT2D eigenvalue weighted by atomic mass is 35.5. The Hall–Kier alpha value is -1.45. The molecule has 1 heterocycles. The monoisotopic (exact) mass is 365 g/mol. The molecule has 1 aliphatic rings. The van der Waals surface area contributed by atoms with E-state index < -0.39 is 5.97 Å². The van der Waals surface area contributed by atoms with Crippen LogP contribution in [0.3, 0.4) is 0 Å². The molecule has 0 unspecified atom stereocenters. The Labute approximate surface area is 152 Å². The van der Waals surface area contributed by atoms with E-state index in [1.54, 1.807) is 18.2 Å². The molecule has 0 aliphatic heterocycles. The number of carboxylic acid groups (broad SMARTS) is 1. The average Bonchev–Trinajstić information content (AvgIpc) is 2.88. The van der Waals surface area contributed by atoms with Gasteiger partial charge in [-0.1, -0.05) is 42.5 Å². The van der Waals surface area contributed by atoms with E-state index in [0.29, 0.717) is 21.5 Å². The Morgan fingerprint density at radius 1 is 1.21 bits per heavy atom. The summed E-state index contributed by atoms with van der Waals surface area (Å²) in [6, 6.07) is 7.03. The van der Waals surface area contributed by atoms with E-state index in [9.17, 15) is 9.90 Å². The fourth-order valence-electron chi connectivity index (χ4n) is 3.64. The van der Waals surface area contributed by atoms with E-state index in [4.69, 9.17) is 23.2 Å². The molecule has 1 aliphatic carbocycles. The van der Waals surface area contributed by atoms with Crippen LogP contribution in [-0.4, -0.2) is 15.6 Å². The lowest BCUT2D eigenvalue weighted by molar-refractivity contribution is 0.0696. The molecule has 0 amide bonds. The maximum atomic E-state index is 11.6. The minimum Gasteiger partial charge on any atom is -0.478 e. The van der Waals surface area contributed by atoms with Crippen molar-refractivity contribution in [1.82, 2.24) is 4.57 Å². The van der Waals surface area contributed by atoms with Crippen molar-refractivity contribution in [2.45, 2.75) is 45.6 Å². The number of nitrogens with zero attached hydrogens (tertiary/aromatic N) is 1. The van der Waals surface area contributed by atoms with Crippen molar-refractivity contribution in [3.8, 4) is 11.3 Å². The summed E-state index contributed by atoms with van der Waals surface area (Å²) in [4.78, 5) is 11.6. The number of hydrogen-bond donors (Lipinski definition) is 1. The summed E-state index contributed by atoms with van der Waals surface area (Å²) in [5.74, 6) is -0.322. The molecule has 0 spiro atoms. The van der Waals surface area contributed by atoms with Crippen LogP contribution in [0.1, 0.15) is 48.2 Å². The van der Waals surface area contributed by atoms with Gasteiger partial charge in [0.25, 0.3) is 0 Å². The highest BCUT2D eigenvalue weighted by Gasteiger charge is 2.22. The van der Waals surface area contributed by atoms with Gasteiger partial charge in [-0.15, -0.1) is 0 Å². The molecule has 24 heavy (non-hydrogen) atoms. The van der Waals surface area contributed by atoms with Crippen LogP contribution in [0.25, 0.3) is 11.3 Å². The summed E-state index contributed by atoms with van der Waals surface area (Å²) in [5, 5.41) is 10.7. The number of aromatic nitrogens is 1. The van der Waals surface area contributed by atoms with Gasteiger partial charge in [-0.25, -0.2) is 4.79 Å². The number of hydrogen-bond acceptors (Lipinski definition) is 1. The van der Waals surface area contributed by atoms with Gasteiger partial charge in [-0.05, 0) is 49.9 Å². The summed E-state index contributed by atoms with van der Waals surface area (Å²) in [6.07, 6.45) is 6.20. The third kappa shape index (κ3) is 3.47. The lowest BCUT2D eigenvalue weighted by Gasteiger charge is -2.24. The second-order valence-electron chi connectivity index (χ2n) is 6.57. The molecular formula is C19H21Cl2NO2. The number of benzene rings is 1. The Morgan fingerprint density at radius 2 is 1.92 bits per heavy atom. The molecule has 3 rings (SSSR count). The summed E-state index contributed by atoms with van der Waals surface area (Å²) in [6.45, 7) is 2.70. The third-order valence-corrected chi connectivity index (χ3v) is 5.53. The van der Waals surface area contributed by atoms with Crippen LogP contribution in [0, 0.1) is 12.8 Å². The summed E-state index contributed by atoms with van der Waals surface area (Å²) in [7, 11) is 0. The van der Waals surface area contributed by atoms with Gasteiger partial charge in [0, 0.05) is 27.8 Å². The van der Waals surface area contributed by atoms with Gasteiger partial charge in [0.15, 0.2) is 0 Å². The van der Waals surface area contributed by atoms with Crippen LogP contribution in [0.15, 0.2) is 24.3 Å². The fraction of sp³-hybridized carbons (Fsp3) is 0.421. The van der Waals surface area contributed by atoms with Gasteiger partial charge in [0.1, 0.15) is 0 Å². The van der Waals surface area contributed by atoms with Crippen molar-refractivity contribution >= 4 is 29.2 Å². The van der Waals surface area contributed by atoms with Gasteiger partial charge in [0.05, 0.1) is 11.3 Å². The predicted octanol–water partition coefficient (Wildman–Crippen LogP) is 6.05. The number of carboxylic acids is 1. The second-order valence-corrected chi connectivity index (χ2v) is 7.42. The Kier molecular flexibility index (Phi) is 5.21. The molecule has 0 saturated heterocycles. The zero-order valence-electron chi connectivity index (χ0n) is 13.7. The minimum atomic E-state index is -0.908. The minimum absolute atomic E-state index is 0.330. The van der Waals surface area contributed by atoms with Crippen molar-refractivity contribution in [1.29, 1.82) is 0 Å². The van der Waals surface area contributed by atoms with Crippen molar-refractivity contribution in [3.05, 3.63) is 45.6 Å². The molecule has 5 heteroatoms. The molecule has 0 radical (unpaired) electrons. The molecule has 1 N–H and O–H groups in total. The SMILES string of the molecule is Cc1c(C(=O)O)cc(-c2cc(Cl)ccc2Cl)n1CC1CCCCC1.